The van der Waals surface area contributed by atoms with Crippen LogP contribution in [0.3, 0.4) is 0 Å². The zero-order chi connectivity index (χ0) is 25.1. The van der Waals surface area contributed by atoms with Gasteiger partial charge in [-0.2, -0.15) is 5.26 Å². The Kier molecular flexibility index (Phi) is 7.17. The van der Waals surface area contributed by atoms with Crippen molar-refractivity contribution < 1.29 is 19.1 Å². The highest BCUT2D eigenvalue weighted by Gasteiger charge is 2.35. The van der Waals surface area contributed by atoms with Gasteiger partial charge in [-0.3, -0.25) is 9.59 Å². The lowest BCUT2D eigenvalue weighted by Crippen LogP contribution is -2.53. The molecule has 8 heteroatoms. The molecule has 35 heavy (non-hydrogen) atoms. The molecule has 2 amide bonds. The van der Waals surface area contributed by atoms with Crippen LogP contribution in [-0.4, -0.2) is 27.9 Å². The van der Waals surface area contributed by atoms with Gasteiger partial charge in [0.1, 0.15) is 17.6 Å². The van der Waals surface area contributed by atoms with Gasteiger partial charge in [0, 0.05) is 23.0 Å². The summed E-state index contributed by atoms with van der Waals surface area (Å²) in [7, 11) is 0. The molecule has 0 spiro atoms. The Bertz CT molecular complexity index is 1320. The van der Waals surface area contributed by atoms with Crippen molar-refractivity contribution >= 4 is 27.7 Å². The number of nitriles is 1. The maximum atomic E-state index is 14.4. The maximum Gasteiger partial charge on any atom is 0.243 e. The molecule has 0 fully saturated rings. The molecule has 1 aliphatic rings. The number of nitrogens with one attached hydrogen (secondary N) is 1. The molecule has 178 valence electrons. The number of rotatable bonds is 5. The molecule has 0 saturated carbocycles. The predicted molar refractivity (Wildman–Crippen MR) is 132 cm³/mol. The number of benzene rings is 3. The Balaban J connectivity index is 1.58. The Morgan fingerprint density at radius 3 is 2.60 bits per heavy atom. The summed E-state index contributed by atoms with van der Waals surface area (Å²) in [5.74, 6) is -0.997. The fraction of sp³-hybridized carbons (Fsp3) is 0.222. The van der Waals surface area contributed by atoms with Gasteiger partial charge in [0.25, 0.3) is 0 Å². The normalized spacial score (nSPS) is 15.6. The average Bonchev–Trinajstić information content (AvgIpc) is 2.83. The molecule has 2 atom stereocenters. The Hall–Kier alpha value is -3.70. The van der Waals surface area contributed by atoms with Crippen LogP contribution in [-0.2, 0) is 29.0 Å². The van der Waals surface area contributed by atoms with E-state index in [9.17, 15) is 19.1 Å². The van der Waals surface area contributed by atoms with Gasteiger partial charge in [0.15, 0.2) is 0 Å². The van der Waals surface area contributed by atoms with Crippen LogP contribution in [0, 0.1) is 17.1 Å². The number of fused-ring (bicyclic) bond motifs is 1. The summed E-state index contributed by atoms with van der Waals surface area (Å²) in [5, 5.41) is 21.8. The number of hydrogen-bond donors (Lipinski definition) is 2. The third kappa shape index (κ3) is 5.52. The van der Waals surface area contributed by atoms with Gasteiger partial charge in [-0.15, -0.1) is 0 Å². The smallest absolute Gasteiger partial charge is 0.243 e. The van der Waals surface area contributed by atoms with E-state index >= 15 is 0 Å². The monoisotopic (exact) mass is 535 g/mol. The number of nitrogens with zero attached hydrogens (tertiary/aromatic N) is 2. The average molecular weight is 536 g/mol. The minimum absolute atomic E-state index is 0.0692. The molecule has 3 aromatic rings. The molecule has 2 N–H and O–H groups in total. The summed E-state index contributed by atoms with van der Waals surface area (Å²) in [5.41, 5.74) is 3.21. The van der Waals surface area contributed by atoms with E-state index in [4.69, 9.17) is 5.26 Å². The number of carbonyl (C=O) groups excluding carboxylic acids is 2. The number of carbonyl (C=O) groups is 2. The second-order valence-electron chi connectivity index (χ2n) is 8.58. The molecular weight excluding hydrogens is 513 g/mol. The van der Waals surface area contributed by atoms with E-state index in [1.807, 2.05) is 6.07 Å². The number of phenols is 1. The summed E-state index contributed by atoms with van der Waals surface area (Å²) in [6, 6.07) is 16.9. The summed E-state index contributed by atoms with van der Waals surface area (Å²) >= 11 is 3.23. The van der Waals surface area contributed by atoms with Gasteiger partial charge in [-0.25, -0.2) is 4.39 Å². The summed E-state index contributed by atoms with van der Waals surface area (Å²) in [6.45, 7) is 1.90. The molecule has 0 bridgehead atoms. The molecule has 4 rings (SSSR count). The van der Waals surface area contributed by atoms with Crippen molar-refractivity contribution in [1.82, 2.24) is 10.2 Å². The minimum atomic E-state index is -0.823. The van der Waals surface area contributed by atoms with Crippen molar-refractivity contribution in [3.63, 3.8) is 0 Å². The number of aromatic hydroxyl groups is 1. The third-order valence-corrected chi connectivity index (χ3v) is 6.66. The lowest BCUT2D eigenvalue weighted by molar-refractivity contribution is -0.141. The summed E-state index contributed by atoms with van der Waals surface area (Å²) in [6.07, 6.45) is 0.296. The second-order valence-corrected chi connectivity index (χ2v) is 9.49. The van der Waals surface area contributed by atoms with Crippen LogP contribution in [0.2, 0.25) is 0 Å². The Labute approximate surface area is 211 Å². The van der Waals surface area contributed by atoms with Crippen molar-refractivity contribution in [2.24, 2.45) is 0 Å². The molecule has 0 radical (unpaired) electrons. The molecule has 6 nitrogen and oxygen atoms in total. The highest BCUT2D eigenvalue weighted by molar-refractivity contribution is 9.10. The van der Waals surface area contributed by atoms with Crippen LogP contribution in [0.25, 0.3) is 0 Å². The second kappa shape index (κ2) is 10.3. The first-order valence-corrected chi connectivity index (χ1v) is 11.9. The van der Waals surface area contributed by atoms with E-state index < -0.39 is 23.8 Å². The molecule has 3 aromatic carbocycles. The molecule has 1 heterocycles. The first kappa shape index (κ1) is 24.4. The number of phenolic OH excluding ortho intramolecular Hbond substituents is 1. The molecule has 1 aliphatic heterocycles. The number of halogens is 2. The van der Waals surface area contributed by atoms with Crippen LogP contribution >= 0.6 is 15.9 Å². The van der Waals surface area contributed by atoms with Crippen molar-refractivity contribution in [2.75, 3.05) is 0 Å². The molecule has 0 aliphatic carbocycles. The first-order chi connectivity index (χ1) is 16.7. The van der Waals surface area contributed by atoms with Gasteiger partial charge in [0.05, 0.1) is 24.1 Å². The van der Waals surface area contributed by atoms with E-state index in [1.165, 1.54) is 11.0 Å². The van der Waals surface area contributed by atoms with Gasteiger partial charge in [-0.05, 0) is 60.0 Å². The highest BCUT2D eigenvalue weighted by atomic mass is 79.9. The van der Waals surface area contributed by atoms with Crippen molar-refractivity contribution in [2.45, 2.75) is 38.4 Å². The van der Waals surface area contributed by atoms with Crippen molar-refractivity contribution in [3.05, 3.63) is 98.8 Å². The quantitative estimate of drug-likeness (QED) is 0.501. The fourth-order valence-electron chi connectivity index (χ4n) is 4.28. The van der Waals surface area contributed by atoms with E-state index in [-0.39, 0.29) is 31.0 Å². The summed E-state index contributed by atoms with van der Waals surface area (Å²) in [4.78, 5) is 28.2. The molecule has 0 saturated heterocycles. The number of amides is 2. The lowest BCUT2D eigenvalue weighted by atomic mass is 9.92. The van der Waals surface area contributed by atoms with Crippen LogP contribution in [0.4, 0.5) is 4.39 Å². The predicted octanol–water partition coefficient (Wildman–Crippen LogP) is 4.54. The topological polar surface area (TPSA) is 93.4 Å². The zero-order valence-electron chi connectivity index (χ0n) is 19.0. The van der Waals surface area contributed by atoms with Gasteiger partial charge in [-0.1, -0.05) is 40.2 Å². The van der Waals surface area contributed by atoms with Gasteiger partial charge < -0.3 is 15.3 Å². The molecule has 0 aromatic heterocycles. The van der Waals surface area contributed by atoms with Crippen LogP contribution in [0.5, 0.6) is 5.75 Å². The standard InChI is InChI=1S/C27H23BrFN3O3/c1-16(23-9-7-21(28)13-24(23)29)31-27(35)25-12-20-11-22(33)8-6-19(20)15-32(25)26(34)10-17-2-4-18(14-30)5-3-17/h2-9,11,13,16,25,33H,10,12,15H2,1H3,(H,31,35). The van der Waals surface area contributed by atoms with Crippen molar-refractivity contribution in [3.8, 4) is 11.8 Å². The molecule has 2 unspecified atom stereocenters. The zero-order valence-corrected chi connectivity index (χ0v) is 20.5. The maximum absolute atomic E-state index is 14.4. The van der Waals surface area contributed by atoms with E-state index in [0.717, 1.165) is 16.7 Å². The number of hydrogen-bond acceptors (Lipinski definition) is 4. The van der Waals surface area contributed by atoms with Gasteiger partial charge in [0.2, 0.25) is 11.8 Å². The third-order valence-electron chi connectivity index (χ3n) is 6.17. The molecular formula is C27H23BrFN3O3. The van der Waals surface area contributed by atoms with E-state index in [1.54, 1.807) is 61.5 Å². The fourth-order valence-corrected chi connectivity index (χ4v) is 4.61. The lowest BCUT2D eigenvalue weighted by Gasteiger charge is -2.37. The SMILES string of the molecule is CC(NC(=O)C1Cc2cc(O)ccc2CN1C(=O)Cc1ccc(C#N)cc1)c1ccc(Br)cc1F. The van der Waals surface area contributed by atoms with Crippen LogP contribution in [0.15, 0.2) is 65.1 Å². The van der Waals surface area contributed by atoms with Crippen molar-refractivity contribution in [1.29, 1.82) is 5.26 Å². The first-order valence-electron chi connectivity index (χ1n) is 11.1. The largest absolute Gasteiger partial charge is 0.508 e. The Morgan fingerprint density at radius 1 is 1.17 bits per heavy atom. The van der Waals surface area contributed by atoms with E-state index in [2.05, 4.69) is 21.2 Å². The van der Waals surface area contributed by atoms with Crippen LogP contribution in [0.1, 0.15) is 40.8 Å². The van der Waals surface area contributed by atoms with E-state index in [0.29, 0.717) is 15.6 Å². The highest BCUT2D eigenvalue weighted by Crippen LogP contribution is 2.28. The van der Waals surface area contributed by atoms with Gasteiger partial charge >= 0.3 is 0 Å². The summed E-state index contributed by atoms with van der Waals surface area (Å²) < 4.78 is 15.0. The minimum Gasteiger partial charge on any atom is -0.508 e. The Morgan fingerprint density at radius 2 is 1.91 bits per heavy atom. The van der Waals surface area contributed by atoms with Crippen LogP contribution < -0.4 is 5.32 Å².